The lowest BCUT2D eigenvalue weighted by Gasteiger charge is -2.18. The Kier molecular flexibility index (Phi) is 3.47. The van der Waals surface area contributed by atoms with Crippen LogP contribution in [-0.2, 0) is 14.8 Å². The molecule has 1 heterocycles. The number of amides is 1. The molecule has 0 saturated carbocycles. The number of carbonyl (C=O) groups excluding carboxylic acids is 1. The van der Waals surface area contributed by atoms with Crippen molar-refractivity contribution in [3.8, 4) is 0 Å². The van der Waals surface area contributed by atoms with Gasteiger partial charge in [0.1, 0.15) is 5.69 Å². The Morgan fingerprint density at radius 2 is 1.26 bits per heavy atom. The number of rotatable bonds is 1. The summed E-state index contributed by atoms with van der Waals surface area (Å²) in [7, 11) is -4.65. The average Bonchev–Trinajstić information content (AvgIpc) is 2.73. The van der Waals surface area contributed by atoms with Gasteiger partial charge in [-0.25, -0.2) is 30.4 Å². The highest BCUT2D eigenvalue weighted by molar-refractivity contribution is 7.98. The normalized spacial score (nSPS) is 20.2. The Labute approximate surface area is 127 Å². The summed E-state index contributed by atoms with van der Waals surface area (Å²) in [4.78, 5) is 11.9. The molecule has 1 aliphatic heterocycles. The maximum atomic E-state index is 13.9. The monoisotopic (exact) mass is 353 g/mol. The van der Waals surface area contributed by atoms with Gasteiger partial charge in [0.15, 0.2) is 23.3 Å². The lowest BCUT2D eigenvalue weighted by atomic mass is 9.99. The third kappa shape index (κ3) is 2.00. The second-order valence-corrected chi connectivity index (χ2v) is 6.91. The van der Waals surface area contributed by atoms with Crippen molar-refractivity contribution < 1.29 is 35.2 Å². The Balaban J connectivity index is 2.28. The Morgan fingerprint density at radius 3 is 1.78 bits per heavy atom. The molecule has 0 spiro atoms. The highest BCUT2D eigenvalue weighted by Crippen LogP contribution is 2.43. The number of hydrogen-bond acceptors (Lipinski definition) is 3. The lowest BCUT2D eigenvalue weighted by Crippen LogP contribution is -2.34. The van der Waals surface area contributed by atoms with E-state index in [1.54, 1.807) is 0 Å². The van der Waals surface area contributed by atoms with Crippen LogP contribution in [0.15, 0.2) is 10.5 Å². The summed E-state index contributed by atoms with van der Waals surface area (Å²) in [5.41, 5.74) is -1.93. The van der Waals surface area contributed by atoms with Crippen molar-refractivity contribution in [2.24, 2.45) is 0 Å². The molecule has 1 amide bonds. The Morgan fingerprint density at radius 1 is 0.783 bits per heavy atom. The molecule has 0 N–H and O–H groups in total. The maximum absolute atomic E-state index is 13.9. The largest absolute Gasteiger partial charge is 0.269 e. The zero-order valence-corrected chi connectivity index (χ0v) is 12.1. The first-order valence-electron chi connectivity index (χ1n) is 6.52. The molecule has 0 fully saturated rings. The van der Waals surface area contributed by atoms with Crippen LogP contribution in [0.1, 0.15) is 25.7 Å². The van der Waals surface area contributed by atoms with Crippen LogP contribution in [0.2, 0.25) is 0 Å². The standard InChI is InChI=1S/C13H8F5NO3S/c14-7-8(15)10(17)12(11(18)9(7)16)19-13(20)5-3-1-2-4-6(5)23(19,21)22/h1-4H2. The summed E-state index contributed by atoms with van der Waals surface area (Å²) in [6.45, 7) is 0. The number of carbonyl (C=O) groups is 1. The lowest BCUT2D eigenvalue weighted by molar-refractivity contribution is -0.114. The highest BCUT2D eigenvalue weighted by Gasteiger charge is 2.48. The minimum atomic E-state index is -4.65. The van der Waals surface area contributed by atoms with Gasteiger partial charge in [-0.05, 0) is 25.7 Å². The summed E-state index contributed by atoms with van der Waals surface area (Å²) < 4.78 is 91.7. The Bertz CT molecular complexity index is 849. The molecule has 0 aromatic heterocycles. The van der Waals surface area contributed by atoms with Crippen LogP contribution >= 0.6 is 0 Å². The average molecular weight is 353 g/mol. The fraction of sp³-hybridized carbons (Fsp3) is 0.308. The fourth-order valence-corrected chi connectivity index (χ4v) is 4.58. The van der Waals surface area contributed by atoms with E-state index in [9.17, 15) is 35.2 Å². The molecule has 1 aromatic rings. The van der Waals surface area contributed by atoms with Gasteiger partial charge in [0.25, 0.3) is 15.9 Å². The molecule has 1 aliphatic carbocycles. The van der Waals surface area contributed by atoms with Crippen molar-refractivity contribution >= 4 is 21.6 Å². The van der Waals surface area contributed by atoms with Gasteiger partial charge < -0.3 is 0 Å². The van der Waals surface area contributed by atoms with Crippen LogP contribution < -0.4 is 4.31 Å². The van der Waals surface area contributed by atoms with Gasteiger partial charge >= 0.3 is 0 Å². The number of benzene rings is 1. The summed E-state index contributed by atoms with van der Waals surface area (Å²) >= 11 is 0. The molecule has 1 aromatic carbocycles. The van der Waals surface area contributed by atoms with Gasteiger partial charge in [-0.1, -0.05) is 0 Å². The minimum Gasteiger partial charge on any atom is -0.268 e. The van der Waals surface area contributed by atoms with Crippen molar-refractivity contribution in [2.45, 2.75) is 25.7 Å². The maximum Gasteiger partial charge on any atom is 0.269 e. The molecule has 0 atom stereocenters. The quantitative estimate of drug-likeness (QED) is 0.443. The third-order valence-electron chi connectivity index (χ3n) is 3.80. The summed E-state index contributed by atoms with van der Waals surface area (Å²) in [6, 6.07) is 0. The van der Waals surface area contributed by atoms with Crippen LogP contribution in [0.25, 0.3) is 0 Å². The number of nitrogens with zero attached hydrogens (tertiary/aromatic N) is 1. The first kappa shape index (κ1) is 15.9. The van der Waals surface area contributed by atoms with Crippen LogP contribution in [0, 0.1) is 29.1 Å². The molecule has 2 aliphatic rings. The van der Waals surface area contributed by atoms with Gasteiger partial charge in [0.2, 0.25) is 5.82 Å². The van der Waals surface area contributed by atoms with E-state index in [4.69, 9.17) is 0 Å². The van der Waals surface area contributed by atoms with Gasteiger partial charge in [-0.3, -0.25) is 4.79 Å². The number of halogens is 5. The zero-order valence-electron chi connectivity index (χ0n) is 11.3. The van der Waals surface area contributed by atoms with E-state index in [1.165, 1.54) is 0 Å². The molecule has 0 saturated heterocycles. The molecule has 0 bridgehead atoms. The van der Waals surface area contributed by atoms with E-state index < -0.39 is 50.7 Å². The van der Waals surface area contributed by atoms with E-state index in [1.807, 2.05) is 0 Å². The number of sulfonamides is 1. The van der Waals surface area contributed by atoms with Crippen molar-refractivity contribution in [3.05, 3.63) is 39.6 Å². The van der Waals surface area contributed by atoms with E-state index in [0.29, 0.717) is 12.8 Å². The summed E-state index contributed by atoms with van der Waals surface area (Å²) in [5, 5.41) is 0. The first-order chi connectivity index (χ1) is 10.7. The summed E-state index contributed by atoms with van der Waals surface area (Å²) in [6.07, 6.45) is 0.982. The Hall–Kier alpha value is -1.97. The van der Waals surface area contributed by atoms with Crippen molar-refractivity contribution in [3.63, 3.8) is 0 Å². The molecule has 124 valence electrons. The molecule has 3 rings (SSSR count). The number of hydrogen-bond donors (Lipinski definition) is 0. The van der Waals surface area contributed by atoms with Gasteiger partial charge in [0.05, 0.1) is 4.91 Å². The zero-order chi connectivity index (χ0) is 17.1. The van der Waals surface area contributed by atoms with Crippen molar-refractivity contribution in [1.29, 1.82) is 0 Å². The molecular formula is C13H8F5NO3S. The van der Waals surface area contributed by atoms with Gasteiger partial charge in [-0.2, -0.15) is 4.31 Å². The van der Waals surface area contributed by atoms with Crippen LogP contribution in [0.3, 0.4) is 0 Å². The topological polar surface area (TPSA) is 54.5 Å². The van der Waals surface area contributed by atoms with E-state index >= 15 is 0 Å². The number of anilines is 1. The van der Waals surface area contributed by atoms with Gasteiger partial charge in [0, 0.05) is 5.57 Å². The van der Waals surface area contributed by atoms with Crippen molar-refractivity contribution in [1.82, 2.24) is 0 Å². The summed E-state index contributed by atoms with van der Waals surface area (Å²) in [5.74, 6) is -13.1. The van der Waals surface area contributed by atoms with Crippen LogP contribution in [-0.4, -0.2) is 14.3 Å². The first-order valence-corrected chi connectivity index (χ1v) is 7.96. The van der Waals surface area contributed by atoms with Crippen LogP contribution in [0.4, 0.5) is 27.6 Å². The minimum absolute atomic E-state index is 0.0185. The second kappa shape index (κ2) is 5.02. The molecule has 0 unspecified atom stereocenters. The highest BCUT2D eigenvalue weighted by atomic mass is 32.2. The van der Waals surface area contributed by atoms with Crippen LogP contribution in [0.5, 0.6) is 0 Å². The molecule has 0 radical (unpaired) electrons. The molecule has 4 nitrogen and oxygen atoms in total. The predicted molar refractivity (Wildman–Crippen MR) is 68.1 cm³/mol. The van der Waals surface area contributed by atoms with E-state index in [2.05, 4.69) is 0 Å². The molecule has 10 heteroatoms. The molecule has 23 heavy (non-hydrogen) atoms. The SMILES string of the molecule is O=C1C2=C(CCCC2)S(=O)(=O)N1c1c(F)c(F)c(F)c(F)c1F. The van der Waals surface area contributed by atoms with E-state index in [0.717, 1.165) is 0 Å². The van der Waals surface area contributed by atoms with Gasteiger partial charge in [-0.15, -0.1) is 0 Å². The second-order valence-electron chi connectivity index (χ2n) is 5.10. The number of allylic oxidation sites excluding steroid dienone is 1. The fourth-order valence-electron chi connectivity index (χ4n) is 2.72. The smallest absolute Gasteiger partial charge is 0.268 e. The third-order valence-corrected chi connectivity index (χ3v) is 5.70. The predicted octanol–water partition coefficient (Wildman–Crippen LogP) is 2.89. The molecular weight excluding hydrogens is 345 g/mol. The van der Waals surface area contributed by atoms with Crippen molar-refractivity contribution in [2.75, 3.05) is 4.31 Å². The van der Waals surface area contributed by atoms with E-state index in [-0.39, 0.29) is 27.6 Å².